The van der Waals surface area contributed by atoms with Crippen LogP contribution in [0.2, 0.25) is 0 Å². The molecule has 0 aliphatic heterocycles. The fourth-order valence-electron chi connectivity index (χ4n) is 0.581. The van der Waals surface area contributed by atoms with Crippen LogP contribution >= 0.6 is 0 Å². The predicted octanol–water partition coefficient (Wildman–Crippen LogP) is -2.72. The number of carbonyl (C=O) groups is 3. The molecule has 9 heteroatoms. The number of rotatable bonds is 1. The number of carboxylic acid groups (broad SMARTS) is 1. The maximum atomic E-state index is 10.7. The molecule has 0 aliphatic rings. The van der Waals surface area contributed by atoms with Crippen molar-refractivity contribution in [1.29, 1.82) is 0 Å². The van der Waals surface area contributed by atoms with Crippen molar-refractivity contribution in [3.8, 4) is 5.95 Å². The molecule has 80 valence electrons. The predicted molar refractivity (Wildman–Crippen MR) is 37.7 cm³/mol. The molecule has 0 N–H and O–H groups in total. The molecule has 0 fully saturated rings. The Morgan fingerprint density at radius 3 is 2.38 bits per heavy atom. The minimum atomic E-state index is -2.15. The Morgan fingerprint density at radius 1 is 1.19 bits per heavy atom. The molecule has 0 radical (unpaired) electrons. The second-order valence-electron chi connectivity index (χ2n) is 1.99. The number of hydrogen-bond donors (Lipinski definition) is 0. The summed E-state index contributed by atoms with van der Waals surface area (Å²) in [4.78, 5) is 30.8. The second-order valence-corrected chi connectivity index (χ2v) is 1.99. The average molecular weight is 254 g/mol. The van der Waals surface area contributed by atoms with Gasteiger partial charge in [-0.3, -0.25) is 0 Å². The summed E-state index contributed by atoms with van der Waals surface area (Å²) < 4.78 is 15.9. The summed E-state index contributed by atoms with van der Waals surface area (Å²) in [6.07, 6.45) is -4.20. The van der Waals surface area contributed by atoms with E-state index in [0.717, 1.165) is 0 Å². The zero-order chi connectivity index (χ0) is 11.3. The molecule has 0 spiro atoms. The Balaban J connectivity index is 0.00000225. The van der Waals surface area contributed by atoms with Gasteiger partial charge in [0.05, 0.1) is 6.26 Å². The molecule has 8 nitrogen and oxygen atoms in total. The number of carbonyl (C=O) groups excluding carboxylic acids is 3. The van der Waals surface area contributed by atoms with Gasteiger partial charge in [-0.05, 0) is 6.07 Å². The SMILES string of the molecule is O=C([O-])OC(=O)OC(=O)Oc1ccco1.[K+]. The van der Waals surface area contributed by atoms with Crippen molar-refractivity contribution in [2.24, 2.45) is 0 Å². The summed E-state index contributed by atoms with van der Waals surface area (Å²) >= 11 is 0. The Bertz CT molecular complexity index is 370. The summed E-state index contributed by atoms with van der Waals surface area (Å²) in [7, 11) is 0. The molecule has 0 saturated carbocycles. The first kappa shape index (κ1) is 15.1. The maximum absolute atomic E-state index is 10.7. The summed E-state index contributed by atoms with van der Waals surface area (Å²) in [5.74, 6) is -0.221. The van der Waals surface area contributed by atoms with Crippen LogP contribution in [-0.4, -0.2) is 18.5 Å². The minimum absolute atomic E-state index is 0. The van der Waals surface area contributed by atoms with E-state index in [9.17, 15) is 19.5 Å². The second kappa shape index (κ2) is 7.41. The van der Waals surface area contributed by atoms with Gasteiger partial charge < -0.3 is 28.5 Å². The van der Waals surface area contributed by atoms with Crippen molar-refractivity contribution >= 4 is 18.5 Å². The van der Waals surface area contributed by atoms with Gasteiger partial charge in [-0.2, -0.15) is 0 Å². The molecule has 0 saturated heterocycles. The van der Waals surface area contributed by atoms with Crippen LogP contribution in [0.4, 0.5) is 14.4 Å². The van der Waals surface area contributed by atoms with Gasteiger partial charge in [0.2, 0.25) is 0 Å². The standard InChI is InChI=1S/C7H4O8.K/c8-5(9)14-7(11)15-6(10)13-4-2-1-3-12-4;/h1-3H,(H,8,9);/q;+1/p-1. The summed E-state index contributed by atoms with van der Waals surface area (Å²) in [5.41, 5.74) is 0. The molecular formula is C7H3KO8. The monoisotopic (exact) mass is 254 g/mol. The van der Waals surface area contributed by atoms with Crippen LogP contribution in [0.25, 0.3) is 0 Å². The van der Waals surface area contributed by atoms with Gasteiger partial charge in [0.15, 0.2) is 0 Å². The summed E-state index contributed by atoms with van der Waals surface area (Å²) in [6.45, 7) is 0. The largest absolute Gasteiger partial charge is 1.00 e. The molecule has 0 aromatic carbocycles. The van der Waals surface area contributed by atoms with E-state index in [2.05, 4.69) is 18.6 Å². The Kier molecular flexibility index (Phi) is 7.00. The molecule has 0 atom stereocenters. The molecule has 1 aromatic heterocycles. The van der Waals surface area contributed by atoms with Crippen LogP contribution in [0.3, 0.4) is 0 Å². The van der Waals surface area contributed by atoms with Gasteiger partial charge in [-0.1, -0.05) is 0 Å². The summed E-state index contributed by atoms with van der Waals surface area (Å²) in [5, 5.41) is 9.70. The first-order valence-electron chi connectivity index (χ1n) is 3.44. The van der Waals surface area contributed by atoms with Gasteiger partial charge >= 0.3 is 63.7 Å². The van der Waals surface area contributed by atoms with E-state index in [1.807, 2.05) is 0 Å². The topological polar surface area (TPSA) is 115 Å². The van der Waals surface area contributed by atoms with E-state index in [4.69, 9.17) is 0 Å². The van der Waals surface area contributed by atoms with Gasteiger partial charge in [-0.15, -0.1) is 0 Å². The Labute approximate surface area is 131 Å². The molecule has 1 aromatic rings. The molecular weight excluding hydrogens is 251 g/mol. The fourth-order valence-corrected chi connectivity index (χ4v) is 0.581. The van der Waals surface area contributed by atoms with Gasteiger partial charge in [0, 0.05) is 6.07 Å². The number of furan rings is 1. The van der Waals surface area contributed by atoms with E-state index < -0.39 is 18.5 Å². The smallest absolute Gasteiger partial charge is 0.452 e. The van der Waals surface area contributed by atoms with Crippen LogP contribution in [-0.2, 0) is 9.47 Å². The first-order valence-corrected chi connectivity index (χ1v) is 3.44. The van der Waals surface area contributed by atoms with Gasteiger partial charge in [0.25, 0.3) is 12.1 Å². The molecule has 0 amide bonds. The van der Waals surface area contributed by atoms with Crippen molar-refractivity contribution < 1.29 is 89.5 Å². The van der Waals surface area contributed by atoms with E-state index in [1.54, 1.807) is 0 Å². The van der Waals surface area contributed by atoms with Crippen LogP contribution in [0.15, 0.2) is 22.8 Å². The third-order valence-corrected chi connectivity index (χ3v) is 1.01. The van der Waals surface area contributed by atoms with E-state index in [-0.39, 0.29) is 57.3 Å². The van der Waals surface area contributed by atoms with Gasteiger partial charge in [0.1, 0.15) is 0 Å². The quantitative estimate of drug-likeness (QED) is 0.301. The molecule has 0 unspecified atom stereocenters. The third kappa shape index (κ3) is 5.87. The first-order chi connectivity index (χ1) is 7.08. The van der Waals surface area contributed by atoms with Crippen molar-refractivity contribution in [3.05, 3.63) is 18.4 Å². The van der Waals surface area contributed by atoms with E-state index in [0.29, 0.717) is 0 Å². The minimum Gasteiger partial charge on any atom is -0.452 e. The maximum Gasteiger partial charge on any atom is 1.00 e. The molecule has 1 rings (SSSR count). The third-order valence-electron chi connectivity index (χ3n) is 1.01. The zero-order valence-electron chi connectivity index (χ0n) is 8.00. The average Bonchev–Trinajstić information content (AvgIpc) is 2.53. The van der Waals surface area contributed by atoms with Crippen LogP contribution in [0, 0.1) is 0 Å². The molecule has 0 aliphatic carbocycles. The van der Waals surface area contributed by atoms with Crippen molar-refractivity contribution in [3.63, 3.8) is 0 Å². The van der Waals surface area contributed by atoms with Crippen LogP contribution < -0.4 is 61.2 Å². The zero-order valence-corrected chi connectivity index (χ0v) is 11.1. The number of ether oxygens (including phenoxy) is 3. The Hall–Kier alpha value is -0.874. The molecule has 16 heavy (non-hydrogen) atoms. The van der Waals surface area contributed by atoms with Crippen molar-refractivity contribution in [2.45, 2.75) is 0 Å². The van der Waals surface area contributed by atoms with E-state index >= 15 is 0 Å². The van der Waals surface area contributed by atoms with Crippen LogP contribution in [0.5, 0.6) is 5.95 Å². The van der Waals surface area contributed by atoms with E-state index in [1.165, 1.54) is 18.4 Å². The fraction of sp³-hybridized carbons (Fsp3) is 0. The molecule has 0 bridgehead atoms. The normalized spacial score (nSPS) is 8.50. The Morgan fingerprint density at radius 2 is 1.88 bits per heavy atom. The molecule has 1 heterocycles. The van der Waals surface area contributed by atoms with Crippen LogP contribution in [0.1, 0.15) is 0 Å². The summed E-state index contributed by atoms with van der Waals surface area (Å²) in [6, 6.07) is 2.69. The van der Waals surface area contributed by atoms with Crippen molar-refractivity contribution in [2.75, 3.05) is 0 Å². The number of hydrogen-bond acceptors (Lipinski definition) is 8. The van der Waals surface area contributed by atoms with Crippen molar-refractivity contribution in [1.82, 2.24) is 0 Å². The van der Waals surface area contributed by atoms with Gasteiger partial charge in [-0.25, -0.2) is 9.59 Å².